The van der Waals surface area contributed by atoms with Crippen LogP contribution in [0.5, 0.6) is 0 Å². The fourth-order valence-corrected chi connectivity index (χ4v) is 2.06. The average molecular weight is 385 g/mol. The number of carbonyl (C=O) groups is 3. The molecule has 7 nitrogen and oxygen atoms in total. The van der Waals surface area contributed by atoms with E-state index in [2.05, 4.69) is 19.2 Å². The second-order valence-corrected chi connectivity index (χ2v) is 4.61. The second kappa shape index (κ2) is 8.06. The molecule has 0 saturated carbocycles. The molecular formula is C14H12F5NO6. The number of nitrogens with zero attached hydrogens (tertiary/aromatic N) is 1. The average Bonchev–Trinajstić information content (AvgIpc) is 2.58. The monoisotopic (exact) mass is 385 g/mol. The van der Waals surface area contributed by atoms with E-state index in [1.54, 1.807) is 0 Å². The molecule has 0 atom stereocenters. The van der Waals surface area contributed by atoms with Gasteiger partial charge in [-0.15, -0.1) is 0 Å². The van der Waals surface area contributed by atoms with Gasteiger partial charge >= 0.3 is 24.1 Å². The molecule has 0 amide bonds. The van der Waals surface area contributed by atoms with Gasteiger partial charge in [-0.05, 0) is 5.56 Å². The molecule has 0 aliphatic heterocycles. The molecule has 0 aliphatic rings. The summed E-state index contributed by atoms with van der Waals surface area (Å²) in [5.41, 5.74) is -7.08. The topological polar surface area (TPSA) is 91.8 Å². The Hall–Kier alpha value is -2.79. The van der Waals surface area contributed by atoms with Gasteiger partial charge in [0.1, 0.15) is 5.69 Å². The third-order valence-corrected chi connectivity index (χ3v) is 3.13. The van der Waals surface area contributed by atoms with Gasteiger partial charge in [-0.2, -0.15) is 13.2 Å². The first kappa shape index (κ1) is 21.3. The predicted molar refractivity (Wildman–Crippen MR) is 72.6 cm³/mol. The van der Waals surface area contributed by atoms with Crippen LogP contribution in [-0.2, 0) is 31.6 Å². The number of esters is 3. The van der Waals surface area contributed by atoms with Crippen molar-refractivity contribution in [3.8, 4) is 0 Å². The zero-order chi connectivity index (χ0) is 20.2. The molecule has 1 aromatic heterocycles. The molecule has 26 heavy (non-hydrogen) atoms. The van der Waals surface area contributed by atoms with E-state index in [-0.39, 0.29) is 0 Å². The van der Waals surface area contributed by atoms with Gasteiger partial charge in [0.2, 0.25) is 0 Å². The highest BCUT2D eigenvalue weighted by atomic mass is 19.4. The van der Waals surface area contributed by atoms with Crippen molar-refractivity contribution in [2.24, 2.45) is 0 Å². The summed E-state index contributed by atoms with van der Waals surface area (Å²) in [6, 6.07) is 0. The lowest BCUT2D eigenvalue weighted by molar-refractivity contribution is -0.143. The summed E-state index contributed by atoms with van der Waals surface area (Å²) in [6.45, 7) is 0. The largest absolute Gasteiger partial charge is 0.469 e. The van der Waals surface area contributed by atoms with Crippen LogP contribution in [0.3, 0.4) is 0 Å². The summed E-state index contributed by atoms with van der Waals surface area (Å²) in [5, 5.41) is 0. The van der Waals surface area contributed by atoms with Gasteiger partial charge in [-0.1, -0.05) is 0 Å². The van der Waals surface area contributed by atoms with Gasteiger partial charge in [-0.3, -0.25) is 4.79 Å². The Morgan fingerprint density at radius 1 is 0.962 bits per heavy atom. The van der Waals surface area contributed by atoms with Gasteiger partial charge < -0.3 is 14.2 Å². The Labute approximate surface area is 143 Å². The summed E-state index contributed by atoms with van der Waals surface area (Å²) in [5.74, 6) is -4.33. The molecule has 0 bridgehead atoms. The Bertz CT molecular complexity index is 732. The smallest absolute Gasteiger partial charge is 0.434 e. The van der Waals surface area contributed by atoms with Crippen molar-refractivity contribution in [2.75, 3.05) is 21.3 Å². The first-order valence-corrected chi connectivity index (χ1v) is 6.65. The molecule has 0 radical (unpaired) electrons. The van der Waals surface area contributed by atoms with E-state index in [0.717, 1.165) is 21.3 Å². The van der Waals surface area contributed by atoms with E-state index in [1.807, 2.05) is 0 Å². The molecule has 1 rings (SSSR count). The van der Waals surface area contributed by atoms with Crippen molar-refractivity contribution in [3.63, 3.8) is 0 Å². The Kier molecular flexibility index (Phi) is 6.59. The molecule has 144 valence electrons. The van der Waals surface area contributed by atoms with Gasteiger partial charge in [-0.25, -0.2) is 23.4 Å². The van der Waals surface area contributed by atoms with Gasteiger partial charge in [0.25, 0.3) is 6.43 Å². The first-order chi connectivity index (χ1) is 12.0. The van der Waals surface area contributed by atoms with Crippen molar-refractivity contribution >= 4 is 17.9 Å². The van der Waals surface area contributed by atoms with Crippen molar-refractivity contribution in [2.45, 2.75) is 19.0 Å². The Morgan fingerprint density at radius 2 is 1.46 bits per heavy atom. The Balaban J connectivity index is 4.07. The minimum atomic E-state index is -5.35. The molecular weight excluding hydrogens is 373 g/mol. The Morgan fingerprint density at radius 3 is 1.85 bits per heavy atom. The van der Waals surface area contributed by atoms with Crippen LogP contribution in [0, 0.1) is 0 Å². The molecule has 1 heterocycles. The fourth-order valence-electron chi connectivity index (χ4n) is 2.06. The maximum absolute atomic E-state index is 13.3. The zero-order valence-electron chi connectivity index (χ0n) is 13.6. The molecule has 0 aromatic carbocycles. The summed E-state index contributed by atoms with van der Waals surface area (Å²) >= 11 is 0. The summed E-state index contributed by atoms with van der Waals surface area (Å²) < 4.78 is 79.0. The lowest BCUT2D eigenvalue weighted by Gasteiger charge is -2.19. The number of hydrogen-bond acceptors (Lipinski definition) is 7. The van der Waals surface area contributed by atoms with Crippen LogP contribution in [0.4, 0.5) is 22.0 Å². The van der Waals surface area contributed by atoms with Gasteiger partial charge in [0.05, 0.1) is 38.9 Å². The minimum absolute atomic E-state index is 0.725. The number of rotatable bonds is 5. The number of carbonyl (C=O) groups excluding carboxylic acids is 3. The van der Waals surface area contributed by atoms with Crippen molar-refractivity contribution in [1.82, 2.24) is 4.98 Å². The van der Waals surface area contributed by atoms with Gasteiger partial charge in [0.15, 0.2) is 5.69 Å². The number of hydrogen-bond donors (Lipinski definition) is 0. The molecule has 0 unspecified atom stereocenters. The van der Waals surface area contributed by atoms with Crippen LogP contribution in [-0.4, -0.2) is 44.2 Å². The highest BCUT2D eigenvalue weighted by Crippen LogP contribution is 2.37. The number of halogens is 5. The highest BCUT2D eigenvalue weighted by molar-refractivity contribution is 6.01. The fraction of sp³-hybridized carbons (Fsp3) is 0.429. The number of methoxy groups -OCH3 is 3. The van der Waals surface area contributed by atoms with Crippen LogP contribution in [0.2, 0.25) is 0 Å². The minimum Gasteiger partial charge on any atom is -0.469 e. The standard InChI is InChI=1S/C14H12F5NO6/c1-24-6(21)4-5-7(12(22)25-2)9(11(15)16)20-10(14(17,18)19)8(5)13(23)26-3/h11H,4H2,1-3H3. The van der Waals surface area contributed by atoms with E-state index in [4.69, 9.17) is 0 Å². The maximum atomic E-state index is 13.3. The molecule has 0 N–H and O–H groups in total. The first-order valence-electron chi connectivity index (χ1n) is 6.65. The molecule has 0 fully saturated rings. The number of pyridine rings is 1. The third-order valence-electron chi connectivity index (χ3n) is 3.13. The highest BCUT2D eigenvalue weighted by Gasteiger charge is 2.43. The van der Waals surface area contributed by atoms with E-state index in [0.29, 0.717) is 0 Å². The number of alkyl halides is 5. The van der Waals surface area contributed by atoms with E-state index < -0.39 is 65.0 Å². The summed E-state index contributed by atoms with van der Waals surface area (Å²) in [6.07, 6.45) is -10.1. The maximum Gasteiger partial charge on any atom is 0.434 e. The van der Waals surface area contributed by atoms with E-state index in [9.17, 15) is 36.3 Å². The van der Waals surface area contributed by atoms with Crippen LogP contribution < -0.4 is 0 Å². The predicted octanol–water partition coefficient (Wildman–Crippen LogP) is 2.33. The van der Waals surface area contributed by atoms with E-state index in [1.165, 1.54) is 0 Å². The third kappa shape index (κ3) is 4.24. The zero-order valence-corrected chi connectivity index (χ0v) is 13.6. The summed E-state index contributed by atoms with van der Waals surface area (Å²) in [7, 11) is 2.37. The second-order valence-electron chi connectivity index (χ2n) is 4.61. The lowest BCUT2D eigenvalue weighted by atomic mass is 9.95. The molecule has 0 saturated heterocycles. The van der Waals surface area contributed by atoms with Crippen molar-refractivity contribution < 1.29 is 50.5 Å². The van der Waals surface area contributed by atoms with Crippen LogP contribution >= 0.6 is 0 Å². The van der Waals surface area contributed by atoms with Crippen LogP contribution in [0.1, 0.15) is 44.1 Å². The molecule has 1 aromatic rings. The normalized spacial score (nSPS) is 11.3. The van der Waals surface area contributed by atoms with Crippen LogP contribution in [0.25, 0.3) is 0 Å². The summed E-state index contributed by atoms with van der Waals surface area (Å²) in [4.78, 5) is 38.0. The number of ether oxygens (including phenoxy) is 3. The molecule has 12 heteroatoms. The number of aromatic nitrogens is 1. The SMILES string of the molecule is COC(=O)Cc1c(C(=O)OC)c(C(F)F)nc(C(F)(F)F)c1C(=O)OC. The van der Waals surface area contributed by atoms with Crippen molar-refractivity contribution in [3.05, 3.63) is 28.1 Å². The van der Waals surface area contributed by atoms with E-state index >= 15 is 0 Å². The lowest BCUT2D eigenvalue weighted by Crippen LogP contribution is -2.26. The van der Waals surface area contributed by atoms with Crippen LogP contribution in [0.15, 0.2) is 0 Å². The quantitative estimate of drug-likeness (QED) is 0.436. The molecule has 0 aliphatic carbocycles. The molecule has 0 spiro atoms. The van der Waals surface area contributed by atoms with Crippen molar-refractivity contribution in [1.29, 1.82) is 0 Å². The van der Waals surface area contributed by atoms with Gasteiger partial charge in [0, 0.05) is 0 Å².